The Bertz CT molecular complexity index is 907. The number of likely N-dealkylation sites (N-methyl/N-ethyl adjacent to an activating group) is 1. The van der Waals surface area contributed by atoms with Gasteiger partial charge in [-0.2, -0.15) is 0 Å². The first-order chi connectivity index (χ1) is 14.1. The molecule has 4 rings (SSSR count). The summed E-state index contributed by atoms with van der Waals surface area (Å²) in [5.41, 5.74) is 3.32. The molecule has 0 amide bonds. The monoisotopic (exact) mass is 393 g/mol. The van der Waals surface area contributed by atoms with E-state index in [2.05, 4.69) is 24.8 Å². The Labute approximate surface area is 171 Å². The molecule has 2 bridgehead atoms. The van der Waals surface area contributed by atoms with Crippen molar-refractivity contribution in [2.75, 3.05) is 13.1 Å². The van der Waals surface area contributed by atoms with E-state index in [0.717, 1.165) is 35.7 Å². The number of esters is 1. The number of rotatable bonds is 3. The number of nitrogens with zero attached hydrogens (tertiary/aromatic N) is 1. The van der Waals surface area contributed by atoms with Gasteiger partial charge in [-0.1, -0.05) is 30.4 Å². The van der Waals surface area contributed by atoms with E-state index in [1.807, 2.05) is 30.4 Å². The van der Waals surface area contributed by atoms with E-state index < -0.39 is 6.10 Å². The van der Waals surface area contributed by atoms with E-state index >= 15 is 0 Å². The normalized spacial score (nSPS) is 27.6. The molecule has 1 N–H and O–H groups in total. The maximum absolute atomic E-state index is 12.8. The number of cyclic esters (lactones) is 1. The summed E-state index contributed by atoms with van der Waals surface area (Å²) in [6.45, 7) is 5.97. The van der Waals surface area contributed by atoms with Gasteiger partial charge in [0.2, 0.25) is 0 Å². The van der Waals surface area contributed by atoms with Crippen LogP contribution in [0, 0.1) is 0 Å². The van der Waals surface area contributed by atoms with Crippen molar-refractivity contribution >= 4 is 5.97 Å². The smallest absolute Gasteiger partial charge is 0.343 e. The van der Waals surface area contributed by atoms with Crippen molar-refractivity contribution in [2.45, 2.75) is 44.8 Å². The summed E-state index contributed by atoms with van der Waals surface area (Å²) in [6.07, 6.45) is 9.60. The molecule has 3 aliphatic rings. The molecule has 0 saturated heterocycles. The minimum atomic E-state index is -0.558. The molecule has 3 atom stereocenters. The second kappa shape index (κ2) is 8.29. The second-order valence-corrected chi connectivity index (χ2v) is 7.58. The summed E-state index contributed by atoms with van der Waals surface area (Å²) < 4.78 is 12.0. The Hall–Kier alpha value is -2.79. The van der Waals surface area contributed by atoms with Crippen molar-refractivity contribution in [1.29, 1.82) is 0 Å². The van der Waals surface area contributed by atoms with Crippen molar-refractivity contribution in [3.63, 3.8) is 0 Å². The third-order valence-corrected chi connectivity index (χ3v) is 5.72. The van der Waals surface area contributed by atoms with Crippen LogP contribution in [-0.4, -0.2) is 41.3 Å². The highest BCUT2D eigenvalue weighted by Crippen LogP contribution is 2.37. The van der Waals surface area contributed by atoms with Crippen LogP contribution in [0.25, 0.3) is 0 Å². The molecule has 0 fully saturated rings. The molecule has 29 heavy (non-hydrogen) atoms. The lowest BCUT2D eigenvalue weighted by molar-refractivity contribution is 0.0496. The largest absolute Gasteiger partial charge is 0.493 e. The van der Waals surface area contributed by atoms with Crippen LogP contribution in [0.4, 0.5) is 0 Å². The first-order valence-electron chi connectivity index (χ1n) is 10.3. The number of ether oxygens (including phenoxy) is 2. The highest BCUT2D eigenvalue weighted by Gasteiger charge is 2.33. The van der Waals surface area contributed by atoms with E-state index in [-0.39, 0.29) is 18.0 Å². The van der Waals surface area contributed by atoms with Crippen LogP contribution in [0.3, 0.4) is 0 Å². The molecule has 0 saturated carbocycles. The quantitative estimate of drug-likeness (QED) is 0.620. The van der Waals surface area contributed by atoms with Gasteiger partial charge < -0.3 is 19.5 Å². The first kappa shape index (κ1) is 19.5. The number of fused-ring (bicyclic) bond motifs is 5. The van der Waals surface area contributed by atoms with Crippen LogP contribution >= 0.6 is 0 Å². The van der Waals surface area contributed by atoms with Crippen molar-refractivity contribution < 1.29 is 19.4 Å². The Morgan fingerprint density at radius 3 is 2.72 bits per heavy atom. The lowest BCUT2D eigenvalue weighted by Crippen LogP contribution is -2.31. The molecule has 152 valence electrons. The summed E-state index contributed by atoms with van der Waals surface area (Å²) in [7, 11) is 0. The van der Waals surface area contributed by atoms with Crippen LogP contribution in [0.15, 0.2) is 71.9 Å². The molecule has 1 aromatic carbocycles. The number of benzene rings is 1. The van der Waals surface area contributed by atoms with Crippen molar-refractivity contribution in [2.24, 2.45) is 0 Å². The number of allylic oxidation sites excluding steroid dienone is 3. The molecule has 1 aromatic rings. The fraction of sp³-hybridized carbons (Fsp3) is 0.375. The molecule has 0 spiro atoms. The van der Waals surface area contributed by atoms with Gasteiger partial charge in [-0.25, -0.2) is 4.79 Å². The van der Waals surface area contributed by atoms with E-state index in [1.165, 1.54) is 0 Å². The topological polar surface area (TPSA) is 59.0 Å². The zero-order chi connectivity index (χ0) is 20.4. The van der Waals surface area contributed by atoms with Gasteiger partial charge >= 0.3 is 5.97 Å². The van der Waals surface area contributed by atoms with Crippen LogP contribution in [0.5, 0.6) is 0 Å². The number of hydrogen-bond acceptors (Lipinski definition) is 5. The van der Waals surface area contributed by atoms with Gasteiger partial charge in [0.1, 0.15) is 11.9 Å². The Kier molecular flexibility index (Phi) is 5.58. The maximum Gasteiger partial charge on any atom is 0.343 e. The number of hydrogen-bond donors (Lipinski definition) is 1. The Balaban J connectivity index is 1.80. The van der Waals surface area contributed by atoms with Crippen LogP contribution in [0.2, 0.25) is 0 Å². The average molecular weight is 393 g/mol. The molecule has 3 unspecified atom stereocenters. The van der Waals surface area contributed by atoms with Gasteiger partial charge in [-0.05, 0) is 43.2 Å². The minimum absolute atomic E-state index is 0.132. The van der Waals surface area contributed by atoms with Crippen LogP contribution < -0.4 is 0 Å². The van der Waals surface area contributed by atoms with Gasteiger partial charge in [0.15, 0.2) is 0 Å². The third-order valence-electron chi connectivity index (χ3n) is 5.72. The molecule has 0 radical (unpaired) electrons. The maximum atomic E-state index is 12.8. The van der Waals surface area contributed by atoms with E-state index in [4.69, 9.17) is 9.47 Å². The predicted molar refractivity (Wildman–Crippen MR) is 111 cm³/mol. The standard InChI is InChI=1S/C24H27NO4/c1-3-25(4-2)17-11-16-12-19(13-17)29-23-14-18(26)9-10-21(23)20-7-5-6-8-22(20)24(27)28-15-16/h5-11,13,15,18,21,23,26H,3-4,12,14H2,1-2H3/b16-15-. The van der Waals surface area contributed by atoms with Crippen LogP contribution in [0.1, 0.15) is 48.5 Å². The van der Waals surface area contributed by atoms with Crippen molar-refractivity contribution in [3.05, 3.63) is 83.0 Å². The number of carbonyl (C=O) groups excluding carboxylic acids is 1. The van der Waals surface area contributed by atoms with E-state index in [0.29, 0.717) is 18.4 Å². The van der Waals surface area contributed by atoms with Gasteiger partial charge in [-0.15, -0.1) is 0 Å². The summed E-state index contributed by atoms with van der Waals surface area (Å²) >= 11 is 0. The van der Waals surface area contributed by atoms with Gasteiger partial charge in [0.05, 0.1) is 17.9 Å². The molecule has 1 aliphatic heterocycles. The SMILES string of the molecule is CCN(CC)C1=C/C2=C/OC(=O)c3ccccc3C3C=CC(O)CC3OC(=C1)C2. The number of aliphatic hydroxyl groups is 1. The number of aliphatic hydroxyl groups excluding tert-OH is 1. The number of carbonyl (C=O) groups is 1. The van der Waals surface area contributed by atoms with Crippen molar-refractivity contribution in [3.8, 4) is 0 Å². The van der Waals surface area contributed by atoms with Gasteiger partial charge in [0, 0.05) is 37.5 Å². The zero-order valence-electron chi connectivity index (χ0n) is 16.9. The first-order valence-corrected chi connectivity index (χ1v) is 10.3. The molecular formula is C24H27NO4. The van der Waals surface area contributed by atoms with E-state index in [1.54, 1.807) is 18.4 Å². The minimum Gasteiger partial charge on any atom is -0.493 e. The average Bonchev–Trinajstić information content (AvgIpc) is 2.74. The molecule has 2 aliphatic carbocycles. The van der Waals surface area contributed by atoms with Crippen LogP contribution in [-0.2, 0) is 9.47 Å². The summed E-state index contributed by atoms with van der Waals surface area (Å²) in [6, 6.07) is 7.47. The van der Waals surface area contributed by atoms with Crippen molar-refractivity contribution in [1.82, 2.24) is 4.90 Å². The highest BCUT2D eigenvalue weighted by atomic mass is 16.5. The lowest BCUT2D eigenvalue weighted by atomic mass is 9.83. The molecular weight excluding hydrogens is 366 g/mol. The zero-order valence-corrected chi connectivity index (χ0v) is 16.9. The van der Waals surface area contributed by atoms with E-state index in [9.17, 15) is 9.90 Å². The highest BCUT2D eigenvalue weighted by molar-refractivity contribution is 5.92. The molecule has 1 heterocycles. The fourth-order valence-electron chi connectivity index (χ4n) is 4.24. The Morgan fingerprint density at radius 1 is 1.14 bits per heavy atom. The second-order valence-electron chi connectivity index (χ2n) is 7.58. The Morgan fingerprint density at radius 2 is 1.93 bits per heavy atom. The van der Waals surface area contributed by atoms with Gasteiger partial charge in [0.25, 0.3) is 0 Å². The summed E-state index contributed by atoms with van der Waals surface area (Å²) in [5, 5.41) is 10.2. The predicted octanol–water partition coefficient (Wildman–Crippen LogP) is 4.04. The molecule has 0 aromatic heterocycles. The fourth-order valence-corrected chi connectivity index (χ4v) is 4.24. The lowest BCUT2D eigenvalue weighted by Gasteiger charge is -2.33. The third kappa shape index (κ3) is 4.01. The molecule has 5 nitrogen and oxygen atoms in total. The summed E-state index contributed by atoms with van der Waals surface area (Å²) in [5.74, 6) is 0.322. The molecule has 5 heteroatoms. The summed E-state index contributed by atoms with van der Waals surface area (Å²) in [4.78, 5) is 15.1. The van der Waals surface area contributed by atoms with Gasteiger partial charge in [-0.3, -0.25) is 0 Å².